The number of rotatable bonds is 7. The van der Waals surface area contributed by atoms with Crippen LogP contribution in [0.3, 0.4) is 0 Å². The minimum atomic E-state index is -0.467. The third-order valence-electron chi connectivity index (χ3n) is 4.78. The molecule has 0 aliphatic carbocycles. The van der Waals surface area contributed by atoms with Crippen LogP contribution in [0.5, 0.6) is 0 Å². The molecule has 7 heteroatoms. The number of halogens is 2. The number of aliphatic imine (C=N–C) groups is 1. The Morgan fingerprint density at radius 3 is 2.62 bits per heavy atom. The fraction of sp³-hybridized carbons (Fsp3) is 0.409. The van der Waals surface area contributed by atoms with Gasteiger partial charge in [0.2, 0.25) is 0 Å². The van der Waals surface area contributed by atoms with E-state index >= 15 is 0 Å². The van der Waals surface area contributed by atoms with E-state index in [9.17, 15) is 8.78 Å². The lowest BCUT2D eigenvalue weighted by atomic mass is 10.1. The van der Waals surface area contributed by atoms with E-state index in [2.05, 4.69) is 21.7 Å². The maximum atomic E-state index is 13.7. The van der Waals surface area contributed by atoms with Gasteiger partial charge in [-0.1, -0.05) is 24.3 Å². The number of guanidine groups is 1. The fourth-order valence-corrected chi connectivity index (χ4v) is 3.15. The van der Waals surface area contributed by atoms with Crippen molar-refractivity contribution in [1.29, 1.82) is 0 Å². The predicted octanol–water partition coefficient (Wildman–Crippen LogP) is 3.53. The lowest BCUT2D eigenvalue weighted by Gasteiger charge is -2.22. The Labute approximate surface area is 170 Å². The first kappa shape index (κ1) is 21.2. The van der Waals surface area contributed by atoms with E-state index in [-0.39, 0.29) is 18.2 Å². The summed E-state index contributed by atoms with van der Waals surface area (Å²) in [6.45, 7) is 2.80. The van der Waals surface area contributed by atoms with Crippen molar-refractivity contribution in [2.75, 3.05) is 20.3 Å². The second-order valence-electron chi connectivity index (χ2n) is 6.96. The lowest BCUT2D eigenvalue weighted by molar-refractivity contribution is -0.0390. The van der Waals surface area contributed by atoms with Crippen LogP contribution in [0.1, 0.15) is 29.5 Å². The maximum Gasteiger partial charge on any atom is 0.191 e. The van der Waals surface area contributed by atoms with Gasteiger partial charge in [0.05, 0.1) is 12.7 Å². The first-order valence-corrected chi connectivity index (χ1v) is 9.79. The summed E-state index contributed by atoms with van der Waals surface area (Å²) in [5.41, 5.74) is 2.44. The van der Waals surface area contributed by atoms with Crippen LogP contribution in [-0.2, 0) is 29.2 Å². The van der Waals surface area contributed by atoms with Crippen LogP contribution in [0.2, 0.25) is 0 Å². The van der Waals surface area contributed by atoms with Crippen LogP contribution in [-0.4, -0.2) is 32.3 Å². The molecule has 1 heterocycles. The highest BCUT2D eigenvalue weighted by Gasteiger charge is 2.14. The molecule has 0 atom stereocenters. The highest BCUT2D eigenvalue weighted by molar-refractivity contribution is 5.79. The molecular weight excluding hydrogens is 376 g/mol. The topological polar surface area (TPSA) is 54.9 Å². The van der Waals surface area contributed by atoms with Crippen LogP contribution in [0, 0.1) is 11.6 Å². The zero-order valence-electron chi connectivity index (χ0n) is 16.6. The molecule has 156 valence electrons. The van der Waals surface area contributed by atoms with E-state index < -0.39 is 11.6 Å². The van der Waals surface area contributed by atoms with Crippen LogP contribution < -0.4 is 10.6 Å². The molecule has 0 radical (unpaired) electrons. The first-order chi connectivity index (χ1) is 14.1. The molecule has 1 fully saturated rings. The van der Waals surface area contributed by atoms with Crippen molar-refractivity contribution in [3.8, 4) is 0 Å². The standard InChI is InChI=1S/C22H27F2N3O2/c1-25-22(27-14-18-12-19(23)5-6-21(18)24)26-13-16-3-2-4-17(11-16)15-29-20-7-9-28-10-8-20/h2-6,11-12,20H,7-10,13-15H2,1H3,(H2,25,26,27). The second kappa shape index (κ2) is 10.9. The van der Waals surface area contributed by atoms with E-state index in [0.717, 1.165) is 49.3 Å². The molecule has 2 N–H and O–H groups in total. The molecule has 0 unspecified atom stereocenters. The van der Waals surface area contributed by atoms with E-state index in [1.54, 1.807) is 7.05 Å². The number of ether oxygens (including phenoxy) is 2. The molecule has 29 heavy (non-hydrogen) atoms. The molecule has 1 aliphatic rings. The fourth-order valence-electron chi connectivity index (χ4n) is 3.15. The summed E-state index contributed by atoms with van der Waals surface area (Å²) in [5.74, 6) is -0.407. The van der Waals surface area contributed by atoms with Gasteiger partial charge in [-0.15, -0.1) is 0 Å². The van der Waals surface area contributed by atoms with Crippen molar-refractivity contribution in [3.05, 3.63) is 70.8 Å². The van der Waals surface area contributed by atoms with Gasteiger partial charge in [-0.05, 0) is 42.2 Å². The van der Waals surface area contributed by atoms with Crippen LogP contribution in [0.4, 0.5) is 8.78 Å². The zero-order valence-corrected chi connectivity index (χ0v) is 16.6. The molecule has 2 aromatic carbocycles. The molecular formula is C22H27F2N3O2. The van der Waals surface area contributed by atoms with Crippen molar-refractivity contribution in [2.24, 2.45) is 4.99 Å². The van der Waals surface area contributed by atoms with Gasteiger partial charge in [0.15, 0.2) is 5.96 Å². The lowest BCUT2D eigenvalue weighted by Crippen LogP contribution is -2.36. The van der Waals surface area contributed by atoms with Crippen LogP contribution in [0.25, 0.3) is 0 Å². The van der Waals surface area contributed by atoms with Crippen LogP contribution >= 0.6 is 0 Å². The quantitative estimate of drug-likeness (QED) is 0.549. The molecule has 0 aromatic heterocycles. The normalized spacial score (nSPS) is 15.3. The highest BCUT2D eigenvalue weighted by atomic mass is 19.1. The Hall–Kier alpha value is -2.51. The average molecular weight is 403 g/mol. The van der Waals surface area contributed by atoms with Gasteiger partial charge in [-0.2, -0.15) is 0 Å². The van der Waals surface area contributed by atoms with E-state index in [1.165, 1.54) is 6.07 Å². The molecule has 0 saturated carbocycles. The minimum absolute atomic E-state index is 0.141. The molecule has 0 bridgehead atoms. The number of hydrogen-bond donors (Lipinski definition) is 2. The average Bonchev–Trinajstić information content (AvgIpc) is 2.75. The molecule has 1 saturated heterocycles. The Bertz CT molecular complexity index is 823. The number of nitrogens with one attached hydrogen (secondary N) is 2. The zero-order chi connectivity index (χ0) is 20.5. The van der Waals surface area contributed by atoms with Gasteiger partial charge in [0.25, 0.3) is 0 Å². The van der Waals surface area contributed by atoms with Gasteiger partial charge in [-0.25, -0.2) is 8.78 Å². The molecule has 5 nitrogen and oxygen atoms in total. The third kappa shape index (κ3) is 6.80. The summed E-state index contributed by atoms with van der Waals surface area (Å²) < 4.78 is 38.4. The first-order valence-electron chi connectivity index (χ1n) is 9.79. The van der Waals surface area contributed by atoms with Gasteiger partial charge in [-0.3, -0.25) is 4.99 Å². The summed E-state index contributed by atoms with van der Waals surface area (Å²) in [7, 11) is 1.63. The molecule has 0 spiro atoms. The van der Waals surface area contributed by atoms with Gasteiger partial charge >= 0.3 is 0 Å². The van der Waals surface area contributed by atoms with Gasteiger partial charge in [0, 0.05) is 38.9 Å². The minimum Gasteiger partial charge on any atom is -0.381 e. The van der Waals surface area contributed by atoms with E-state index in [4.69, 9.17) is 9.47 Å². The summed E-state index contributed by atoms with van der Waals surface area (Å²) in [6.07, 6.45) is 2.14. The summed E-state index contributed by atoms with van der Waals surface area (Å²) in [5, 5.41) is 6.19. The molecule has 1 aliphatic heterocycles. The van der Waals surface area contributed by atoms with Crippen molar-refractivity contribution in [1.82, 2.24) is 10.6 Å². The Kier molecular flexibility index (Phi) is 7.95. The Morgan fingerprint density at radius 2 is 1.83 bits per heavy atom. The smallest absolute Gasteiger partial charge is 0.191 e. The number of nitrogens with zero attached hydrogens (tertiary/aromatic N) is 1. The summed E-state index contributed by atoms with van der Waals surface area (Å²) in [4.78, 5) is 4.13. The monoisotopic (exact) mass is 403 g/mol. The summed E-state index contributed by atoms with van der Waals surface area (Å²) >= 11 is 0. The van der Waals surface area contributed by atoms with Gasteiger partial charge in [0.1, 0.15) is 11.6 Å². The van der Waals surface area contributed by atoms with E-state index in [1.807, 2.05) is 18.2 Å². The largest absolute Gasteiger partial charge is 0.381 e. The number of benzene rings is 2. The van der Waals surface area contributed by atoms with Crippen molar-refractivity contribution in [2.45, 2.75) is 38.6 Å². The Morgan fingerprint density at radius 1 is 1.07 bits per heavy atom. The predicted molar refractivity (Wildman–Crippen MR) is 108 cm³/mol. The second-order valence-corrected chi connectivity index (χ2v) is 6.96. The maximum absolute atomic E-state index is 13.7. The SMILES string of the molecule is CN=C(NCc1cccc(COC2CCOCC2)c1)NCc1cc(F)ccc1F. The van der Waals surface area contributed by atoms with Crippen molar-refractivity contribution < 1.29 is 18.3 Å². The highest BCUT2D eigenvalue weighted by Crippen LogP contribution is 2.14. The van der Waals surface area contributed by atoms with Crippen LogP contribution in [0.15, 0.2) is 47.5 Å². The van der Waals surface area contributed by atoms with Crippen molar-refractivity contribution in [3.63, 3.8) is 0 Å². The van der Waals surface area contributed by atoms with E-state index in [0.29, 0.717) is 19.1 Å². The molecule has 3 rings (SSSR count). The Balaban J connectivity index is 1.48. The number of hydrogen-bond acceptors (Lipinski definition) is 3. The molecule has 0 amide bonds. The van der Waals surface area contributed by atoms with Gasteiger partial charge < -0.3 is 20.1 Å². The van der Waals surface area contributed by atoms with Crippen molar-refractivity contribution >= 4 is 5.96 Å². The molecule has 2 aromatic rings. The summed E-state index contributed by atoms with van der Waals surface area (Å²) in [6, 6.07) is 11.6. The third-order valence-corrected chi connectivity index (χ3v) is 4.78.